The molecule has 0 aliphatic carbocycles. The second kappa shape index (κ2) is 9.91. The first-order valence-corrected chi connectivity index (χ1v) is 10.5. The zero-order valence-electron chi connectivity index (χ0n) is 19.0. The number of nitrogens with two attached hydrogens (primary N) is 1. The molecule has 0 aliphatic rings. The van der Waals surface area contributed by atoms with E-state index >= 15 is 0 Å². The zero-order valence-corrected chi connectivity index (χ0v) is 19.0. The average molecular weight is 442 g/mol. The van der Waals surface area contributed by atoms with Crippen LogP contribution in [0, 0.1) is 19.3 Å². The van der Waals surface area contributed by atoms with E-state index in [1.54, 1.807) is 24.1 Å². The van der Waals surface area contributed by atoms with Gasteiger partial charge < -0.3 is 16.5 Å². The molecule has 7 nitrogen and oxygen atoms in total. The first kappa shape index (κ1) is 23.4. The molecule has 2 amide bonds. The van der Waals surface area contributed by atoms with E-state index in [-0.39, 0.29) is 18.2 Å². The molecule has 0 unspecified atom stereocenters. The van der Waals surface area contributed by atoms with Gasteiger partial charge in [-0.15, -0.1) is 0 Å². The summed E-state index contributed by atoms with van der Waals surface area (Å²) in [5, 5.41) is 11.2. The van der Waals surface area contributed by atoms with Crippen molar-refractivity contribution in [2.45, 2.75) is 27.2 Å². The van der Waals surface area contributed by atoms with Crippen molar-refractivity contribution in [1.82, 2.24) is 4.98 Å². The second-order valence-corrected chi connectivity index (χ2v) is 7.56. The number of pyridine rings is 1. The summed E-state index contributed by atoms with van der Waals surface area (Å²) in [6.07, 6.45) is 5.78. The van der Waals surface area contributed by atoms with Crippen LogP contribution in [0.5, 0.6) is 0 Å². The molecule has 0 atom stereocenters. The number of amides is 2. The SMILES string of the molecule is C=CC(=O)Nc1cc(N(C(=O)CC)c2c(C)cnc3ccc(/C(C=N)=C/N)cc23)ccc1C. The summed E-state index contributed by atoms with van der Waals surface area (Å²) in [5.74, 6) is -0.436. The Balaban J connectivity index is 2.30. The van der Waals surface area contributed by atoms with E-state index < -0.39 is 0 Å². The van der Waals surface area contributed by atoms with Crippen LogP contribution < -0.4 is 16.0 Å². The fourth-order valence-electron chi connectivity index (χ4n) is 3.61. The van der Waals surface area contributed by atoms with Crippen molar-refractivity contribution in [2.75, 3.05) is 10.2 Å². The number of carbonyl (C=O) groups excluding carboxylic acids is 2. The van der Waals surface area contributed by atoms with Gasteiger partial charge in [-0.2, -0.15) is 0 Å². The molecule has 0 bridgehead atoms. The van der Waals surface area contributed by atoms with Crippen LogP contribution in [0.1, 0.15) is 30.0 Å². The Labute approximate surface area is 193 Å². The first-order chi connectivity index (χ1) is 15.8. The second-order valence-electron chi connectivity index (χ2n) is 7.56. The monoisotopic (exact) mass is 441 g/mol. The molecule has 0 radical (unpaired) electrons. The number of fused-ring (bicyclic) bond motifs is 1. The largest absolute Gasteiger partial charge is 0.404 e. The molecule has 0 spiro atoms. The summed E-state index contributed by atoms with van der Waals surface area (Å²) in [4.78, 5) is 31.3. The maximum absolute atomic E-state index is 13.2. The van der Waals surface area contributed by atoms with Crippen molar-refractivity contribution in [1.29, 1.82) is 5.41 Å². The number of aryl methyl sites for hydroxylation is 2. The summed E-state index contributed by atoms with van der Waals surface area (Å²) in [6.45, 7) is 9.09. The van der Waals surface area contributed by atoms with E-state index in [9.17, 15) is 9.59 Å². The molecule has 168 valence electrons. The normalized spacial score (nSPS) is 11.2. The van der Waals surface area contributed by atoms with Gasteiger partial charge in [0.05, 0.1) is 16.9 Å². The molecule has 1 heterocycles. The molecule has 0 saturated heterocycles. The Hall–Kier alpha value is -4.26. The minimum Gasteiger partial charge on any atom is -0.404 e. The predicted octanol–water partition coefficient (Wildman–Crippen LogP) is 5.00. The standard InChI is InChI=1S/C26H27N5O2/c1-5-24(32)30-23-12-20(9-7-16(23)3)31(25(33)6-2)26-17(4)15-29-22-10-8-18(11-21(22)26)19(13-27)14-28/h5,7-15,27H,1,6,28H2,2-4H3,(H,30,32)/b19-14+,27-13?. The molecule has 4 N–H and O–H groups in total. The van der Waals surface area contributed by atoms with Gasteiger partial charge in [0.2, 0.25) is 11.8 Å². The van der Waals surface area contributed by atoms with E-state index in [0.29, 0.717) is 28.2 Å². The highest BCUT2D eigenvalue weighted by atomic mass is 16.2. The van der Waals surface area contributed by atoms with E-state index in [4.69, 9.17) is 11.1 Å². The highest BCUT2D eigenvalue weighted by Crippen LogP contribution is 2.37. The molecule has 3 aromatic rings. The number of carbonyl (C=O) groups is 2. The average Bonchev–Trinajstić information content (AvgIpc) is 2.82. The lowest BCUT2D eigenvalue weighted by Gasteiger charge is -2.27. The van der Waals surface area contributed by atoms with Crippen LogP contribution in [-0.2, 0) is 9.59 Å². The van der Waals surface area contributed by atoms with Gasteiger partial charge in [-0.1, -0.05) is 25.6 Å². The molecular formula is C26H27N5O2. The molecule has 2 aromatic carbocycles. The molecular weight excluding hydrogens is 414 g/mol. The molecule has 0 saturated carbocycles. The number of aromatic nitrogens is 1. The van der Waals surface area contributed by atoms with E-state index in [2.05, 4.69) is 16.9 Å². The van der Waals surface area contributed by atoms with Crippen molar-refractivity contribution in [3.05, 3.63) is 78.1 Å². The van der Waals surface area contributed by atoms with Gasteiger partial charge in [-0.05, 0) is 60.9 Å². The highest BCUT2D eigenvalue weighted by Gasteiger charge is 2.22. The van der Waals surface area contributed by atoms with E-state index in [0.717, 1.165) is 22.1 Å². The lowest BCUT2D eigenvalue weighted by molar-refractivity contribution is -0.117. The third-order valence-electron chi connectivity index (χ3n) is 5.39. The van der Waals surface area contributed by atoms with Gasteiger partial charge in [0.1, 0.15) is 0 Å². The number of anilines is 3. The fourth-order valence-corrected chi connectivity index (χ4v) is 3.61. The molecule has 1 aromatic heterocycles. The van der Waals surface area contributed by atoms with Gasteiger partial charge in [0, 0.05) is 41.7 Å². The summed E-state index contributed by atoms with van der Waals surface area (Å²) in [5.41, 5.74) is 11.3. The third kappa shape index (κ3) is 4.67. The lowest BCUT2D eigenvalue weighted by atomic mass is 10.0. The number of hydrogen-bond donors (Lipinski definition) is 3. The lowest BCUT2D eigenvalue weighted by Crippen LogP contribution is -2.26. The van der Waals surface area contributed by atoms with Gasteiger partial charge in [-0.3, -0.25) is 19.5 Å². The van der Waals surface area contributed by atoms with Gasteiger partial charge in [-0.25, -0.2) is 0 Å². The molecule has 33 heavy (non-hydrogen) atoms. The number of nitrogens with zero attached hydrogens (tertiary/aromatic N) is 2. The van der Waals surface area contributed by atoms with Crippen LogP contribution in [0.15, 0.2) is 61.4 Å². The fraction of sp³-hybridized carbons (Fsp3) is 0.154. The van der Waals surface area contributed by atoms with Crippen LogP contribution in [0.3, 0.4) is 0 Å². The Morgan fingerprint density at radius 3 is 2.58 bits per heavy atom. The number of hydrogen-bond acceptors (Lipinski definition) is 5. The Bertz CT molecular complexity index is 1290. The number of rotatable bonds is 7. The van der Waals surface area contributed by atoms with Crippen LogP contribution >= 0.6 is 0 Å². The number of nitrogens with one attached hydrogen (secondary N) is 2. The molecule has 7 heteroatoms. The van der Waals surface area contributed by atoms with Gasteiger partial charge >= 0.3 is 0 Å². The van der Waals surface area contributed by atoms with Crippen LogP contribution in [-0.4, -0.2) is 23.0 Å². The third-order valence-corrected chi connectivity index (χ3v) is 5.39. The maximum Gasteiger partial charge on any atom is 0.247 e. The summed E-state index contributed by atoms with van der Waals surface area (Å²) >= 11 is 0. The molecule has 0 aliphatic heterocycles. The van der Waals surface area contributed by atoms with Crippen molar-refractivity contribution in [2.24, 2.45) is 5.73 Å². The van der Waals surface area contributed by atoms with E-state index in [1.807, 2.05) is 44.2 Å². The van der Waals surface area contributed by atoms with Crippen molar-refractivity contribution in [3.63, 3.8) is 0 Å². The maximum atomic E-state index is 13.2. The Morgan fingerprint density at radius 1 is 1.18 bits per heavy atom. The number of benzene rings is 2. The zero-order chi connectivity index (χ0) is 24.1. The van der Waals surface area contributed by atoms with Gasteiger partial charge in [0.15, 0.2) is 0 Å². The van der Waals surface area contributed by atoms with E-state index in [1.165, 1.54) is 18.5 Å². The Morgan fingerprint density at radius 2 is 1.94 bits per heavy atom. The van der Waals surface area contributed by atoms with Gasteiger partial charge in [0.25, 0.3) is 0 Å². The number of allylic oxidation sites excluding steroid dienone is 1. The van der Waals surface area contributed by atoms with Crippen molar-refractivity contribution >= 4 is 51.6 Å². The van der Waals surface area contributed by atoms with Crippen molar-refractivity contribution in [3.8, 4) is 0 Å². The quantitative estimate of drug-likeness (QED) is 0.354. The topological polar surface area (TPSA) is 112 Å². The summed E-state index contributed by atoms with van der Waals surface area (Å²) in [7, 11) is 0. The minimum absolute atomic E-state index is 0.109. The summed E-state index contributed by atoms with van der Waals surface area (Å²) < 4.78 is 0. The van der Waals surface area contributed by atoms with Crippen LogP contribution in [0.2, 0.25) is 0 Å². The first-order valence-electron chi connectivity index (χ1n) is 10.5. The Kier molecular flexibility index (Phi) is 7.03. The highest BCUT2D eigenvalue weighted by molar-refractivity contribution is 6.12. The predicted molar refractivity (Wildman–Crippen MR) is 135 cm³/mol. The summed E-state index contributed by atoms with van der Waals surface area (Å²) in [6, 6.07) is 11.1. The van der Waals surface area contributed by atoms with Crippen LogP contribution in [0.4, 0.5) is 17.1 Å². The molecule has 0 fully saturated rings. The van der Waals surface area contributed by atoms with Crippen molar-refractivity contribution < 1.29 is 9.59 Å². The molecule has 3 rings (SSSR count). The minimum atomic E-state index is -0.327. The smallest absolute Gasteiger partial charge is 0.247 e. The van der Waals surface area contributed by atoms with Crippen LogP contribution in [0.25, 0.3) is 16.5 Å².